The zero-order valence-corrected chi connectivity index (χ0v) is 17.5. The Balaban J connectivity index is 1.58. The van der Waals surface area contributed by atoms with Gasteiger partial charge in [0.05, 0.1) is 23.8 Å². The summed E-state index contributed by atoms with van der Waals surface area (Å²) < 4.78 is 59.2. The van der Waals surface area contributed by atoms with E-state index in [-0.39, 0.29) is 4.90 Å². The molecule has 1 aromatic heterocycles. The molecule has 7 nitrogen and oxygen atoms in total. The average molecular weight is 446 g/mol. The van der Waals surface area contributed by atoms with Crippen LogP contribution in [0.3, 0.4) is 0 Å². The molecule has 4 rings (SSSR count). The highest BCUT2D eigenvalue weighted by molar-refractivity contribution is 7.89. The number of hydrogen-bond donors (Lipinski definition) is 1. The van der Waals surface area contributed by atoms with E-state index in [2.05, 4.69) is 15.5 Å². The summed E-state index contributed by atoms with van der Waals surface area (Å²) >= 11 is 0. The van der Waals surface area contributed by atoms with E-state index in [0.717, 1.165) is 12.1 Å². The molecule has 2 heterocycles. The van der Waals surface area contributed by atoms with Crippen molar-refractivity contribution in [2.75, 3.05) is 31.6 Å². The Morgan fingerprint density at radius 1 is 0.968 bits per heavy atom. The van der Waals surface area contributed by atoms with Gasteiger partial charge in [0, 0.05) is 30.4 Å². The Kier molecular flexibility index (Phi) is 5.94. The number of aromatic nitrogens is 2. The van der Waals surface area contributed by atoms with Gasteiger partial charge < -0.3 is 10.1 Å². The Morgan fingerprint density at radius 3 is 2.42 bits per heavy atom. The van der Waals surface area contributed by atoms with Crippen molar-refractivity contribution in [3.05, 3.63) is 65.7 Å². The van der Waals surface area contributed by atoms with Crippen molar-refractivity contribution in [1.29, 1.82) is 0 Å². The lowest BCUT2D eigenvalue weighted by atomic mass is 10.1. The zero-order chi connectivity index (χ0) is 22.0. The molecule has 31 heavy (non-hydrogen) atoms. The minimum Gasteiger partial charge on any atom is -0.379 e. The molecule has 0 aliphatic carbocycles. The molecule has 1 N–H and O–H groups in total. The van der Waals surface area contributed by atoms with Crippen molar-refractivity contribution in [3.8, 4) is 11.3 Å². The number of nitrogens with one attached hydrogen (secondary N) is 1. The van der Waals surface area contributed by atoms with Crippen LogP contribution in [0.15, 0.2) is 53.4 Å². The molecule has 0 saturated carbocycles. The number of sulfonamides is 1. The van der Waals surface area contributed by atoms with Crippen molar-refractivity contribution in [3.63, 3.8) is 0 Å². The minimum atomic E-state index is -3.65. The molecule has 1 aliphatic rings. The second-order valence-corrected chi connectivity index (χ2v) is 8.96. The van der Waals surface area contributed by atoms with Gasteiger partial charge in [0.2, 0.25) is 10.0 Å². The lowest BCUT2D eigenvalue weighted by molar-refractivity contribution is 0.0730. The Labute approximate surface area is 178 Å². The normalized spacial score (nSPS) is 15.1. The van der Waals surface area contributed by atoms with Gasteiger partial charge in [-0.25, -0.2) is 17.2 Å². The van der Waals surface area contributed by atoms with Crippen LogP contribution in [0, 0.1) is 18.6 Å². The van der Waals surface area contributed by atoms with E-state index < -0.39 is 21.7 Å². The van der Waals surface area contributed by atoms with Crippen molar-refractivity contribution < 1.29 is 21.9 Å². The number of hydrogen-bond acceptors (Lipinski definition) is 6. The smallest absolute Gasteiger partial charge is 0.243 e. The lowest BCUT2D eigenvalue weighted by Crippen LogP contribution is -2.40. The Morgan fingerprint density at radius 2 is 1.74 bits per heavy atom. The number of ether oxygens (including phenoxy) is 1. The van der Waals surface area contributed by atoms with Crippen LogP contribution in [0.4, 0.5) is 20.3 Å². The first-order valence-electron chi connectivity index (χ1n) is 9.59. The highest BCUT2D eigenvalue weighted by Gasteiger charge is 2.28. The molecule has 0 radical (unpaired) electrons. The molecule has 0 atom stereocenters. The standard InChI is InChI=1S/C21H20F2N4O3S/c1-14-2-3-15(12-20(14)31(28,29)27-8-10-30-11-9-27)19-6-7-21(26-25-19)24-16-4-5-17(22)18(23)13-16/h2-7,12-13H,8-11H2,1H3,(H,24,26). The van der Waals surface area contributed by atoms with E-state index >= 15 is 0 Å². The number of anilines is 2. The average Bonchev–Trinajstić information content (AvgIpc) is 2.78. The van der Waals surface area contributed by atoms with Gasteiger partial charge in [0.25, 0.3) is 0 Å². The molecular formula is C21H20F2N4O3S. The monoisotopic (exact) mass is 446 g/mol. The number of aryl methyl sites for hydroxylation is 1. The van der Waals surface area contributed by atoms with Crippen molar-refractivity contribution in [2.45, 2.75) is 11.8 Å². The quantitative estimate of drug-likeness (QED) is 0.646. The van der Waals surface area contributed by atoms with E-state index in [0.29, 0.717) is 54.6 Å². The molecule has 2 aromatic carbocycles. The molecule has 162 valence electrons. The Bertz CT molecular complexity index is 1200. The minimum absolute atomic E-state index is 0.220. The largest absolute Gasteiger partial charge is 0.379 e. The third kappa shape index (κ3) is 4.55. The third-order valence-corrected chi connectivity index (χ3v) is 6.97. The van der Waals surface area contributed by atoms with Crippen LogP contribution in [0.2, 0.25) is 0 Å². The molecule has 1 saturated heterocycles. The van der Waals surface area contributed by atoms with Crippen LogP contribution < -0.4 is 5.32 Å². The number of morpholine rings is 1. The summed E-state index contributed by atoms with van der Waals surface area (Å²) in [5, 5.41) is 11.0. The highest BCUT2D eigenvalue weighted by atomic mass is 32.2. The summed E-state index contributed by atoms with van der Waals surface area (Å²) in [6.07, 6.45) is 0. The fraction of sp³-hybridized carbons (Fsp3) is 0.238. The van der Waals surface area contributed by atoms with Crippen LogP contribution in [0.25, 0.3) is 11.3 Å². The summed E-state index contributed by atoms with van der Waals surface area (Å²) in [7, 11) is -3.65. The number of nitrogens with zero attached hydrogens (tertiary/aromatic N) is 3. The van der Waals surface area contributed by atoms with Crippen LogP contribution in [-0.4, -0.2) is 49.2 Å². The van der Waals surface area contributed by atoms with E-state index in [1.807, 2.05) is 0 Å². The fourth-order valence-electron chi connectivity index (χ4n) is 3.24. The first-order valence-corrected chi connectivity index (χ1v) is 11.0. The summed E-state index contributed by atoms with van der Waals surface area (Å²) in [5.41, 5.74) is 2.05. The maximum atomic E-state index is 13.4. The topological polar surface area (TPSA) is 84.4 Å². The van der Waals surface area contributed by atoms with Gasteiger partial charge in [0.15, 0.2) is 17.5 Å². The maximum absolute atomic E-state index is 13.4. The van der Waals surface area contributed by atoms with Gasteiger partial charge in [-0.15, -0.1) is 10.2 Å². The summed E-state index contributed by atoms with van der Waals surface area (Å²) in [6.45, 7) is 3.12. The van der Waals surface area contributed by atoms with Crippen molar-refractivity contribution in [1.82, 2.24) is 14.5 Å². The van der Waals surface area contributed by atoms with Crippen LogP contribution >= 0.6 is 0 Å². The molecule has 10 heteroatoms. The summed E-state index contributed by atoms with van der Waals surface area (Å²) in [4.78, 5) is 0.220. The second kappa shape index (κ2) is 8.66. The van der Waals surface area contributed by atoms with Crippen LogP contribution in [0.1, 0.15) is 5.56 Å². The van der Waals surface area contributed by atoms with Gasteiger partial charge in [-0.3, -0.25) is 0 Å². The van der Waals surface area contributed by atoms with Gasteiger partial charge >= 0.3 is 0 Å². The zero-order valence-electron chi connectivity index (χ0n) is 16.7. The van der Waals surface area contributed by atoms with Gasteiger partial charge in [0.1, 0.15) is 0 Å². The van der Waals surface area contributed by atoms with Crippen LogP contribution in [-0.2, 0) is 14.8 Å². The van der Waals surface area contributed by atoms with E-state index in [9.17, 15) is 17.2 Å². The van der Waals surface area contributed by atoms with E-state index in [4.69, 9.17) is 4.74 Å². The number of halogens is 2. The first kappa shape index (κ1) is 21.3. The van der Waals surface area contributed by atoms with Crippen molar-refractivity contribution in [2.24, 2.45) is 0 Å². The van der Waals surface area contributed by atoms with Gasteiger partial charge in [-0.05, 0) is 42.8 Å². The summed E-state index contributed by atoms with van der Waals surface area (Å²) in [6, 6.07) is 11.8. The number of benzene rings is 2. The third-order valence-electron chi connectivity index (χ3n) is 4.93. The van der Waals surface area contributed by atoms with E-state index in [1.54, 1.807) is 37.3 Å². The van der Waals surface area contributed by atoms with Crippen LogP contribution in [0.5, 0.6) is 0 Å². The molecule has 0 spiro atoms. The molecular weight excluding hydrogens is 426 g/mol. The van der Waals surface area contributed by atoms with E-state index in [1.165, 1.54) is 10.4 Å². The molecule has 3 aromatic rings. The number of rotatable bonds is 5. The first-order chi connectivity index (χ1) is 14.8. The predicted molar refractivity (Wildman–Crippen MR) is 111 cm³/mol. The molecule has 1 fully saturated rings. The molecule has 0 bridgehead atoms. The second-order valence-electron chi connectivity index (χ2n) is 7.05. The predicted octanol–water partition coefficient (Wildman–Crippen LogP) is 3.49. The van der Waals surface area contributed by atoms with Crippen molar-refractivity contribution >= 4 is 21.5 Å². The maximum Gasteiger partial charge on any atom is 0.243 e. The Hall–Kier alpha value is -2.95. The molecule has 0 amide bonds. The molecule has 0 unspecified atom stereocenters. The van der Waals surface area contributed by atoms with Gasteiger partial charge in [-0.1, -0.05) is 12.1 Å². The van der Waals surface area contributed by atoms with Gasteiger partial charge in [-0.2, -0.15) is 4.31 Å². The highest BCUT2D eigenvalue weighted by Crippen LogP contribution is 2.27. The fourth-order valence-corrected chi connectivity index (χ4v) is 4.90. The SMILES string of the molecule is Cc1ccc(-c2ccc(Nc3ccc(F)c(F)c3)nn2)cc1S(=O)(=O)N1CCOCC1. The summed E-state index contributed by atoms with van der Waals surface area (Å²) in [5.74, 6) is -1.57. The lowest BCUT2D eigenvalue weighted by Gasteiger charge is -2.26. The molecule has 1 aliphatic heterocycles.